The Labute approximate surface area is 148 Å². The second-order valence-electron chi connectivity index (χ2n) is 6.53. The van der Waals surface area contributed by atoms with Crippen LogP contribution in [-0.4, -0.2) is 59.2 Å². The quantitative estimate of drug-likeness (QED) is 0.268. The molecule has 2 aromatic heterocycles. The molecule has 25 heavy (non-hydrogen) atoms. The first-order valence-corrected chi connectivity index (χ1v) is 7.86. The van der Waals surface area contributed by atoms with Crippen LogP contribution in [0.4, 0.5) is 0 Å². The largest absolute Gasteiger partial charge is 0.618 e. The predicted octanol–water partition coefficient (Wildman–Crippen LogP) is 0.754. The number of H-pyrrole nitrogens is 1. The molecule has 0 spiro atoms. The van der Waals surface area contributed by atoms with Crippen molar-refractivity contribution in [2.75, 3.05) is 34.3 Å². The summed E-state index contributed by atoms with van der Waals surface area (Å²) in [5, 5.41) is 37.1. The van der Waals surface area contributed by atoms with Crippen molar-refractivity contribution in [3.8, 4) is 5.88 Å². The number of hydrogen-bond acceptors (Lipinski definition) is 5. The Hall–Kier alpha value is -2.42. The molecule has 3 rings (SSSR count). The average Bonchev–Trinajstić information content (AvgIpc) is 2.49. The Morgan fingerprint density at radius 2 is 1.96 bits per heavy atom. The zero-order valence-corrected chi connectivity index (χ0v) is 14.9. The molecule has 0 atom stereocenters. The molecule has 0 unspecified atom stereocenters. The van der Waals surface area contributed by atoms with Crippen molar-refractivity contribution in [1.29, 1.82) is 0 Å². The molecule has 0 saturated heterocycles. The van der Waals surface area contributed by atoms with Crippen LogP contribution in [0.2, 0.25) is 5.02 Å². The summed E-state index contributed by atoms with van der Waals surface area (Å²) in [4.78, 5) is 11.4. The van der Waals surface area contributed by atoms with Crippen LogP contribution in [-0.2, 0) is 0 Å². The lowest BCUT2D eigenvalue weighted by molar-refractivity contribution is -0.870. The maximum Gasteiger partial charge on any atom is 0.304 e. The number of fused-ring (bicyclic) bond motifs is 2. The van der Waals surface area contributed by atoms with Crippen molar-refractivity contribution in [1.82, 2.24) is 10.2 Å². The van der Waals surface area contributed by atoms with Gasteiger partial charge in [0.25, 0.3) is 5.52 Å². The van der Waals surface area contributed by atoms with Gasteiger partial charge in [-0.15, -0.1) is 5.10 Å². The lowest BCUT2D eigenvalue weighted by Gasteiger charge is -2.21. The number of quaternary nitrogens is 1. The minimum atomic E-state index is -0.442. The summed E-state index contributed by atoms with van der Waals surface area (Å²) in [5.74, 6) is -0.424. The van der Waals surface area contributed by atoms with Crippen LogP contribution in [0.25, 0.3) is 21.8 Å². The monoisotopic (exact) mass is 367 g/mol. The molecule has 8 nitrogen and oxygen atoms in total. The molecule has 0 saturated carbocycles. The van der Waals surface area contributed by atoms with Gasteiger partial charge in [-0.2, -0.15) is 4.73 Å². The van der Waals surface area contributed by atoms with Crippen molar-refractivity contribution in [2.45, 2.75) is 0 Å². The summed E-state index contributed by atoms with van der Waals surface area (Å²) >= 11 is 5.73. The number of aromatic nitrogens is 3. The summed E-state index contributed by atoms with van der Waals surface area (Å²) < 4.78 is 1.31. The van der Waals surface area contributed by atoms with E-state index in [2.05, 4.69) is 31.3 Å². The molecule has 3 N–H and O–H groups in total. The van der Waals surface area contributed by atoms with Gasteiger partial charge >= 0.3 is 5.88 Å². The summed E-state index contributed by atoms with van der Waals surface area (Å²) in [6.45, 7) is 1.11. The van der Waals surface area contributed by atoms with E-state index in [9.17, 15) is 15.1 Å². The number of nitrogens with zero attached hydrogens (tertiary/aromatic N) is 3. The van der Waals surface area contributed by atoms with Gasteiger partial charge in [0.05, 0.1) is 49.6 Å². The smallest absolute Gasteiger partial charge is 0.304 e. The molecule has 134 valence electrons. The number of rotatable bonds is 2. The number of likely N-dealkylation sites (N-methyl/N-ethyl adjacent to an activating group) is 1. The molecule has 0 aliphatic rings. The van der Waals surface area contributed by atoms with Crippen LogP contribution >= 0.6 is 11.6 Å². The Morgan fingerprint density at radius 1 is 1.28 bits per heavy atom. The molecule has 2 heterocycles. The zero-order valence-electron chi connectivity index (χ0n) is 14.2. The number of aliphatic hydroxyl groups is 1. The number of halogens is 1. The van der Waals surface area contributed by atoms with Crippen molar-refractivity contribution < 1.29 is 19.4 Å². The number of aromatic amines is 1. The van der Waals surface area contributed by atoms with Crippen molar-refractivity contribution in [2.24, 2.45) is 0 Å². The van der Waals surface area contributed by atoms with Gasteiger partial charge in [-0.3, -0.25) is 9.89 Å². The average molecular weight is 368 g/mol. The normalized spacial score (nSPS) is 11.4. The van der Waals surface area contributed by atoms with Gasteiger partial charge < -0.3 is 19.9 Å². The second kappa shape index (κ2) is 7.22. The molecular formula is C16H20ClN4O4+. The molecule has 0 fully saturated rings. The highest BCUT2D eigenvalue weighted by atomic mass is 35.5. The van der Waals surface area contributed by atoms with Crippen molar-refractivity contribution in [3.05, 3.63) is 44.8 Å². The van der Waals surface area contributed by atoms with Crippen LogP contribution < -0.4 is 10.2 Å². The Bertz CT molecular complexity index is 966. The molecule has 0 amide bonds. The Kier molecular flexibility index (Phi) is 5.46. The number of benzene rings is 1. The Balaban J connectivity index is 0.000000277. The number of aliphatic hydroxyl groups excluding tert-OH is 1. The highest BCUT2D eigenvalue weighted by Gasteiger charge is 2.16. The highest BCUT2D eigenvalue weighted by molar-refractivity contribution is 6.31. The maximum atomic E-state index is 12.1. The van der Waals surface area contributed by atoms with Crippen LogP contribution in [0.15, 0.2) is 29.2 Å². The number of hydrogen-bond donors (Lipinski definition) is 3. The molecule has 0 aliphatic carbocycles. The van der Waals surface area contributed by atoms with Crippen molar-refractivity contribution in [3.63, 3.8) is 0 Å². The van der Waals surface area contributed by atoms with Crippen LogP contribution in [0.1, 0.15) is 0 Å². The van der Waals surface area contributed by atoms with E-state index in [4.69, 9.17) is 16.7 Å². The van der Waals surface area contributed by atoms with Gasteiger partial charge in [-0.05, 0) is 12.1 Å². The van der Waals surface area contributed by atoms with E-state index in [0.29, 0.717) is 15.5 Å². The minimum Gasteiger partial charge on any atom is -0.618 e. The minimum absolute atomic E-state index is 0.00275. The van der Waals surface area contributed by atoms with Crippen LogP contribution in [0.3, 0.4) is 0 Å². The third-order valence-electron chi connectivity index (χ3n) is 3.46. The van der Waals surface area contributed by atoms with E-state index in [1.165, 1.54) is 12.3 Å². The molecule has 1 aromatic carbocycles. The lowest BCUT2D eigenvalue weighted by atomic mass is 10.1. The van der Waals surface area contributed by atoms with Crippen LogP contribution in [0, 0.1) is 5.21 Å². The van der Waals surface area contributed by atoms with E-state index >= 15 is 0 Å². The third-order valence-corrected chi connectivity index (χ3v) is 3.76. The predicted molar refractivity (Wildman–Crippen MR) is 95.5 cm³/mol. The van der Waals surface area contributed by atoms with Gasteiger partial charge in [-0.25, -0.2) is 0 Å². The van der Waals surface area contributed by atoms with E-state index in [1.807, 2.05) is 0 Å². The first-order valence-electron chi connectivity index (χ1n) is 7.48. The molecular weight excluding hydrogens is 348 g/mol. The molecule has 9 heteroatoms. The summed E-state index contributed by atoms with van der Waals surface area (Å²) in [5.41, 5.74) is -0.300. The summed E-state index contributed by atoms with van der Waals surface area (Å²) in [6.07, 6.45) is 1.47. The van der Waals surface area contributed by atoms with Gasteiger partial charge in [-0.1, -0.05) is 11.6 Å². The van der Waals surface area contributed by atoms with Crippen molar-refractivity contribution >= 4 is 33.4 Å². The Morgan fingerprint density at radius 3 is 2.52 bits per heavy atom. The number of nitrogens with one attached hydrogen (secondary N) is 1. The zero-order chi connectivity index (χ0) is 18.8. The molecule has 0 radical (unpaired) electrons. The number of aromatic hydroxyl groups is 1. The van der Waals surface area contributed by atoms with E-state index in [0.717, 1.165) is 17.1 Å². The first kappa shape index (κ1) is 18.9. The fraction of sp³-hybridized carbons (Fsp3) is 0.312. The standard InChI is InChI=1S/C11H6ClN3O3.C5H14NO/c12-7-2-5-1-6-4-13-14-11(17)10(6)15(18)8(5)3-9(7)16;1-6(2,3)4-5-7/h1-4,13H,(H,14,17);7H,4-5H2,1-3H3/q;+1. The van der Waals surface area contributed by atoms with E-state index in [-0.39, 0.29) is 22.7 Å². The van der Waals surface area contributed by atoms with Gasteiger partial charge in [0.2, 0.25) is 10.9 Å². The lowest BCUT2D eigenvalue weighted by Crippen LogP contribution is -2.36. The topological polar surface area (TPSA) is 113 Å². The van der Waals surface area contributed by atoms with E-state index < -0.39 is 11.3 Å². The summed E-state index contributed by atoms with van der Waals surface area (Å²) in [7, 11) is 6.16. The second-order valence-corrected chi connectivity index (χ2v) is 6.94. The molecule has 3 aromatic rings. The summed E-state index contributed by atoms with van der Waals surface area (Å²) in [6, 6.07) is 4.20. The number of pyridine rings is 1. The fourth-order valence-electron chi connectivity index (χ4n) is 2.17. The third kappa shape index (κ3) is 4.36. The molecule has 0 bridgehead atoms. The molecule has 0 aliphatic heterocycles. The van der Waals surface area contributed by atoms with Crippen LogP contribution in [0.5, 0.6) is 5.88 Å². The first-order chi connectivity index (χ1) is 11.6. The van der Waals surface area contributed by atoms with Gasteiger partial charge in [0.1, 0.15) is 6.54 Å². The SMILES string of the molecule is C[N+](C)(C)CCO.O=c1cc2c(cc1Cl)cc1c[nH]nc(O)c1[n+]2[O-]. The van der Waals surface area contributed by atoms with Gasteiger partial charge in [0.15, 0.2) is 0 Å². The maximum absolute atomic E-state index is 12.1. The fourth-order valence-corrected chi connectivity index (χ4v) is 2.34. The highest BCUT2D eigenvalue weighted by Crippen LogP contribution is 2.22. The van der Waals surface area contributed by atoms with E-state index in [1.54, 1.807) is 6.07 Å². The van der Waals surface area contributed by atoms with Gasteiger partial charge in [0, 0.05) is 6.20 Å².